The highest BCUT2D eigenvalue weighted by Crippen LogP contribution is 2.17. The molecular formula is C10H22ClNO2S. The SMILES string of the molecule is CCCS(=O)(=O)NCC(Cl)C(CC)CC. The van der Waals surface area contributed by atoms with Gasteiger partial charge in [-0.3, -0.25) is 0 Å². The Bertz CT molecular complexity index is 250. The van der Waals surface area contributed by atoms with Crippen LogP contribution in [0.25, 0.3) is 0 Å². The topological polar surface area (TPSA) is 46.2 Å². The third-order valence-corrected chi connectivity index (χ3v) is 4.59. The third-order valence-electron chi connectivity index (χ3n) is 2.53. The number of alkyl halides is 1. The molecule has 0 saturated heterocycles. The Morgan fingerprint density at radius 1 is 1.20 bits per heavy atom. The van der Waals surface area contributed by atoms with E-state index in [0.29, 0.717) is 18.9 Å². The molecule has 0 aliphatic heterocycles. The predicted octanol–water partition coefficient (Wildman–Crippen LogP) is 2.36. The predicted molar refractivity (Wildman–Crippen MR) is 65.8 cm³/mol. The maximum atomic E-state index is 11.4. The van der Waals surface area contributed by atoms with Crippen LogP contribution in [0.2, 0.25) is 0 Å². The zero-order valence-electron chi connectivity index (χ0n) is 9.79. The lowest BCUT2D eigenvalue weighted by molar-refractivity contribution is 0.460. The summed E-state index contributed by atoms with van der Waals surface area (Å²) < 4.78 is 25.3. The highest BCUT2D eigenvalue weighted by atomic mass is 35.5. The second-order valence-electron chi connectivity index (χ2n) is 3.76. The first kappa shape index (κ1) is 15.2. The molecule has 1 unspecified atom stereocenters. The normalized spacial score (nSPS) is 14.5. The summed E-state index contributed by atoms with van der Waals surface area (Å²) >= 11 is 6.13. The second kappa shape index (κ2) is 7.47. The van der Waals surface area contributed by atoms with Crippen LogP contribution in [0.1, 0.15) is 40.0 Å². The minimum Gasteiger partial charge on any atom is -0.214 e. The summed E-state index contributed by atoms with van der Waals surface area (Å²) in [5.41, 5.74) is 0. The van der Waals surface area contributed by atoms with E-state index >= 15 is 0 Å². The van der Waals surface area contributed by atoms with Crippen LogP contribution < -0.4 is 4.72 Å². The van der Waals surface area contributed by atoms with Gasteiger partial charge in [-0.15, -0.1) is 11.6 Å². The van der Waals surface area contributed by atoms with Gasteiger partial charge in [0.15, 0.2) is 0 Å². The highest BCUT2D eigenvalue weighted by Gasteiger charge is 2.18. The molecule has 0 heterocycles. The second-order valence-corrected chi connectivity index (χ2v) is 6.25. The van der Waals surface area contributed by atoms with Gasteiger partial charge in [0.2, 0.25) is 10.0 Å². The molecule has 1 atom stereocenters. The van der Waals surface area contributed by atoms with E-state index in [-0.39, 0.29) is 11.1 Å². The molecule has 1 N–H and O–H groups in total. The van der Waals surface area contributed by atoms with Crippen molar-refractivity contribution in [2.45, 2.75) is 45.4 Å². The fourth-order valence-corrected chi connectivity index (χ4v) is 3.15. The van der Waals surface area contributed by atoms with Crippen molar-refractivity contribution < 1.29 is 8.42 Å². The summed E-state index contributed by atoms with van der Waals surface area (Å²) in [6.07, 6.45) is 2.60. The van der Waals surface area contributed by atoms with Crippen LogP contribution in [-0.4, -0.2) is 26.1 Å². The Labute approximate surface area is 98.6 Å². The van der Waals surface area contributed by atoms with Crippen LogP contribution in [0.4, 0.5) is 0 Å². The minimum atomic E-state index is -3.11. The van der Waals surface area contributed by atoms with Crippen molar-refractivity contribution in [1.82, 2.24) is 4.72 Å². The molecule has 0 amide bonds. The molecule has 0 aromatic heterocycles. The van der Waals surface area contributed by atoms with Gasteiger partial charge in [0, 0.05) is 11.9 Å². The highest BCUT2D eigenvalue weighted by molar-refractivity contribution is 7.89. The van der Waals surface area contributed by atoms with E-state index in [9.17, 15) is 8.42 Å². The van der Waals surface area contributed by atoms with Crippen molar-refractivity contribution in [3.8, 4) is 0 Å². The maximum Gasteiger partial charge on any atom is 0.211 e. The van der Waals surface area contributed by atoms with E-state index in [2.05, 4.69) is 18.6 Å². The molecule has 0 aliphatic carbocycles. The minimum absolute atomic E-state index is 0.105. The Balaban J connectivity index is 4.04. The van der Waals surface area contributed by atoms with Crippen LogP contribution in [0.15, 0.2) is 0 Å². The number of hydrogen-bond acceptors (Lipinski definition) is 2. The lowest BCUT2D eigenvalue weighted by Crippen LogP contribution is -2.34. The Hall–Kier alpha value is 0.200. The number of halogens is 1. The van der Waals surface area contributed by atoms with E-state index in [4.69, 9.17) is 11.6 Å². The molecule has 15 heavy (non-hydrogen) atoms. The van der Waals surface area contributed by atoms with Gasteiger partial charge >= 0.3 is 0 Å². The fourth-order valence-electron chi connectivity index (χ4n) is 1.51. The first-order valence-electron chi connectivity index (χ1n) is 5.58. The van der Waals surface area contributed by atoms with E-state index in [1.165, 1.54) is 0 Å². The molecule has 0 fully saturated rings. The van der Waals surface area contributed by atoms with Crippen molar-refractivity contribution in [2.75, 3.05) is 12.3 Å². The van der Waals surface area contributed by atoms with Gasteiger partial charge in [-0.05, 0) is 12.3 Å². The Morgan fingerprint density at radius 2 is 1.73 bits per heavy atom. The van der Waals surface area contributed by atoms with Crippen LogP contribution in [0, 0.1) is 5.92 Å². The molecule has 0 aromatic carbocycles. The standard InChI is InChI=1S/C10H22ClNO2S/c1-4-7-15(13,14)12-8-10(11)9(5-2)6-3/h9-10,12H,4-8H2,1-3H3. The molecule has 0 aliphatic rings. The van der Waals surface area contributed by atoms with Crippen LogP contribution >= 0.6 is 11.6 Å². The summed E-state index contributed by atoms with van der Waals surface area (Å²) in [7, 11) is -3.11. The van der Waals surface area contributed by atoms with E-state index < -0.39 is 10.0 Å². The van der Waals surface area contributed by atoms with Crippen LogP contribution in [-0.2, 0) is 10.0 Å². The summed E-state index contributed by atoms with van der Waals surface area (Å²) in [5.74, 6) is 0.565. The fraction of sp³-hybridized carbons (Fsp3) is 1.00. The van der Waals surface area contributed by atoms with Crippen LogP contribution in [0.5, 0.6) is 0 Å². The molecule has 5 heteroatoms. The van der Waals surface area contributed by atoms with Crippen molar-refractivity contribution in [3.05, 3.63) is 0 Å². The zero-order valence-corrected chi connectivity index (χ0v) is 11.4. The largest absolute Gasteiger partial charge is 0.214 e. The van der Waals surface area contributed by atoms with Gasteiger partial charge < -0.3 is 0 Å². The summed E-state index contributed by atoms with van der Waals surface area (Å²) in [5, 5.41) is -0.105. The first-order chi connectivity index (χ1) is 6.96. The third kappa shape index (κ3) is 6.38. The smallest absolute Gasteiger partial charge is 0.211 e. The number of hydrogen-bond donors (Lipinski definition) is 1. The van der Waals surface area contributed by atoms with Gasteiger partial charge in [-0.25, -0.2) is 13.1 Å². The van der Waals surface area contributed by atoms with Gasteiger partial charge in [0.1, 0.15) is 0 Å². The molecule has 0 rings (SSSR count). The quantitative estimate of drug-likeness (QED) is 0.677. The molecular weight excluding hydrogens is 234 g/mol. The first-order valence-corrected chi connectivity index (χ1v) is 7.67. The van der Waals surface area contributed by atoms with Crippen molar-refractivity contribution >= 4 is 21.6 Å². The lowest BCUT2D eigenvalue weighted by atomic mass is 9.99. The average Bonchev–Trinajstić information content (AvgIpc) is 2.17. The summed E-state index contributed by atoms with van der Waals surface area (Å²) in [6.45, 7) is 6.34. The summed E-state index contributed by atoms with van der Waals surface area (Å²) in [4.78, 5) is 0. The average molecular weight is 256 g/mol. The van der Waals surface area contributed by atoms with Crippen molar-refractivity contribution in [1.29, 1.82) is 0 Å². The molecule has 0 aromatic rings. The number of sulfonamides is 1. The van der Waals surface area contributed by atoms with Gasteiger partial charge in [-0.1, -0.05) is 33.6 Å². The van der Waals surface area contributed by atoms with Crippen molar-refractivity contribution in [2.24, 2.45) is 5.92 Å². The van der Waals surface area contributed by atoms with E-state index in [1.807, 2.05) is 6.92 Å². The molecule has 92 valence electrons. The van der Waals surface area contributed by atoms with E-state index in [0.717, 1.165) is 12.8 Å². The Morgan fingerprint density at radius 3 is 2.13 bits per heavy atom. The zero-order chi connectivity index (χ0) is 11.9. The van der Waals surface area contributed by atoms with Gasteiger partial charge in [0.05, 0.1) is 5.75 Å². The van der Waals surface area contributed by atoms with Gasteiger partial charge in [-0.2, -0.15) is 0 Å². The van der Waals surface area contributed by atoms with Crippen molar-refractivity contribution in [3.63, 3.8) is 0 Å². The van der Waals surface area contributed by atoms with Crippen LogP contribution in [0.3, 0.4) is 0 Å². The maximum absolute atomic E-state index is 11.4. The molecule has 3 nitrogen and oxygen atoms in total. The monoisotopic (exact) mass is 255 g/mol. The molecule has 0 bridgehead atoms. The number of nitrogens with one attached hydrogen (secondary N) is 1. The molecule has 0 spiro atoms. The Kier molecular flexibility index (Phi) is 7.57. The molecule has 0 radical (unpaired) electrons. The number of rotatable bonds is 8. The van der Waals surface area contributed by atoms with E-state index in [1.54, 1.807) is 0 Å². The van der Waals surface area contributed by atoms with Gasteiger partial charge in [0.25, 0.3) is 0 Å². The molecule has 0 saturated carbocycles. The summed E-state index contributed by atoms with van der Waals surface area (Å²) in [6, 6.07) is 0. The lowest BCUT2D eigenvalue weighted by Gasteiger charge is -2.19.